The van der Waals surface area contributed by atoms with E-state index in [-0.39, 0.29) is 5.91 Å². The molecule has 21 heavy (non-hydrogen) atoms. The minimum atomic E-state index is -0.424. The summed E-state index contributed by atoms with van der Waals surface area (Å²) in [7, 11) is 1.32. The topological polar surface area (TPSA) is 73.2 Å². The van der Waals surface area contributed by atoms with Gasteiger partial charge in [0.25, 0.3) is 5.91 Å². The normalized spacial score (nSPS) is 10.2. The molecule has 0 bridgehead atoms. The van der Waals surface area contributed by atoms with Crippen LogP contribution in [0.2, 0.25) is 0 Å². The van der Waals surface area contributed by atoms with Crippen molar-refractivity contribution in [1.82, 2.24) is 15.1 Å². The van der Waals surface area contributed by atoms with Gasteiger partial charge in [-0.15, -0.1) is 0 Å². The van der Waals surface area contributed by atoms with E-state index in [0.29, 0.717) is 17.7 Å². The van der Waals surface area contributed by atoms with Gasteiger partial charge in [0.15, 0.2) is 0 Å². The highest BCUT2D eigenvalue weighted by molar-refractivity contribution is 5.96. The predicted molar refractivity (Wildman–Crippen MR) is 76.9 cm³/mol. The predicted octanol–water partition coefficient (Wildman–Crippen LogP) is 1.62. The van der Waals surface area contributed by atoms with E-state index in [1.165, 1.54) is 7.11 Å². The molecule has 1 aromatic heterocycles. The lowest BCUT2D eigenvalue weighted by Crippen LogP contribution is -2.23. The molecule has 0 spiro atoms. The van der Waals surface area contributed by atoms with Crippen molar-refractivity contribution in [3.8, 4) is 0 Å². The second kappa shape index (κ2) is 6.69. The molecular formula is C15H17N3O3. The molecule has 0 saturated heterocycles. The van der Waals surface area contributed by atoms with Crippen molar-refractivity contribution in [2.75, 3.05) is 7.11 Å². The van der Waals surface area contributed by atoms with Crippen molar-refractivity contribution in [3.05, 3.63) is 53.3 Å². The van der Waals surface area contributed by atoms with Gasteiger partial charge in [-0.3, -0.25) is 9.48 Å². The smallest absolute Gasteiger partial charge is 0.337 e. The molecule has 0 unspecified atom stereocenters. The SMILES string of the molecule is CCn1ccc(CNC(=O)c2ccc(C(=O)OC)cc2)n1. The number of aryl methyl sites for hydroxylation is 1. The van der Waals surface area contributed by atoms with Crippen LogP contribution in [0.5, 0.6) is 0 Å². The first-order chi connectivity index (χ1) is 10.1. The second-order valence-corrected chi connectivity index (χ2v) is 4.41. The lowest BCUT2D eigenvalue weighted by atomic mass is 10.1. The van der Waals surface area contributed by atoms with E-state index in [9.17, 15) is 9.59 Å². The molecule has 1 amide bonds. The van der Waals surface area contributed by atoms with Crippen molar-refractivity contribution in [2.45, 2.75) is 20.0 Å². The number of rotatable bonds is 5. The van der Waals surface area contributed by atoms with Gasteiger partial charge in [-0.1, -0.05) is 0 Å². The van der Waals surface area contributed by atoms with Crippen LogP contribution in [-0.2, 0) is 17.8 Å². The summed E-state index contributed by atoms with van der Waals surface area (Å²) in [6.07, 6.45) is 1.87. The molecular weight excluding hydrogens is 270 g/mol. The first-order valence-corrected chi connectivity index (χ1v) is 6.63. The van der Waals surface area contributed by atoms with Crippen LogP contribution in [0.3, 0.4) is 0 Å². The van der Waals surface area contributed by atoms with E-state index < -0.39 is 5.97 Å². The summed E-state index contributed by atoms with van der Waals surface area (Å²) in [5.74, 6) is -0.635. The Morgan fingerprint density at radius 2 is 1.86 bits per heavy atom. The number of esters is 1. The van der Waals surface area contributed by atoms with Gasteiger partial charge in [-0.05, 0) is 37.3 Å². The van der Waals surface area contributed by atoms with E-state index >= 15 is 0 Å². The van der Waals surface area contributed by atoms with Crippen LogP contribution in [0.15, 0.2) is 36.5 Å². The van der Waals surface area contributed by atoms with E-state index in [1.54, 1.807) is 28.9 Å². The Balaban J connectivity index is 1.95. The highest BCUT2D eigenvalue weighted by Gasteiger charge is 2.09. The standard InChI is InChI=1S/C15H17N3O3/c1-3-18-9-8-13(17-18)10-16-14(19)11-4-6-12(7-5-11)15(20)21-2/h4-9H,3,10H2,1-2H3,(H,16,19). The number of carbonyl (C=O) groups is 2. The summed E-state index contributed by atoms with van der Waals surface area (Å²) < 4.78 is 6.40. The molecule has 0 aliphatic rings. The summed E-state index contributed by atoms with van der Waals surface area (Å²) >= 11 is 0. The average molecular weight is 287 g/mol. The summed E-state index contributed by atoms with van der Waals surface area (Å²) in [6.45, 7) is 3.16. The molecule has 110 valence electrons. The highest BCUT2D eigenvalue weighted by atomic mass is 16.5. The zero-order valence-electron chi connectivity index (χ0n) is 12.0. The number of benzene rings is 1. The number of amides is 1. The molecule has 1 N–H and O–H groups in total. The molecule has 0 aliphatic heterocycles. The maximum Gasteiger partial charge on any atom is 0.337 e. The Morgan fingerprint density at radius 3 is 2.43 bits per heavy atom. The van der Waals surface area contributed by atoms with Crippen molar-refractivity contribution in [1.29, 1.82) is 0 Å². The van der Waals surface area contributed by atoms with Gasteiger partial charge in [-0.25, -0.2) is 4.79 Å². The Hall–Kier alpha value is -2.63. The monoisotopic (exact) mass is 287 g/mol. The van der Waals surface area contributed by atoms with Crippen LogP contribution in [0.1, 0.15) is 33.3 Å². The van der Waals surface area contributed by atoms with Crippen molar-refractivity contribution in [2.24, 2.45) is 0 Å². The fraction of sp³-hybridized carbons (Fsp3) is 0.267. The third-order valence-corrected chi connectivity index (χ3v) is 3.02. The van der Waals surface area contributed by atoms with Gasteiger partial charge in [-0.2, -0.15) is 5.10 Å². The molecule has 0 fully saturated rings. The third kappa shape index (κ3) is 3.68. The van der Waals surface area contributed by atoms with Crippen LogP contribution >= 0.6 is 0 Å². The van der Waals surface area contributed by atoms with E-state index in [2.05, 4.69) is 15.2 Å². The van der Waals surface area contributed by atoms with E-state index in [1.807, 2.05) is 19.2 Å². The first-order valence-electron chi connectivity index (χ1n) is 6.63. The minimum absolute atomic E-state index is 0.211. The molecule has 2 aromatic rings. The zero-order chi connectivity index (χ0) is 15.2. The molecule has 6 nitrogen and oxygen atoms in total. The molecule has 0 radical (unpaired) electrons. The molecule has 2 rings (SSSR count). The summed E-state index contributed by atoms with van der Waals surface area (Å²) in [4.78, 5) is 23.3. The van der Waals surface area contributed by atoms with Gasteiger partial charge in [0, 0.05) is 18.3 Å². The quantitative estimate of drug-likeness (QED) is 0.848. The maximum atomic E-state index is 12.0. The average Bonchev–Trinajstić information content (AvgIpc) is 3.00. The molecule has 1 heterocycles. The number of nitrogens with one attached hydrogen (secondary N) is 1. The number of nitrogens with zero attached hydrogens (tertiary/aromatic N) is 2. The maximum absolute atomic E-state index is 12.0. The Kier molecular flexibility index (Phi) is 4.71. The van der Waals surface area contributed by atoms with E-state index in [0.717, 1.165) is 12.2 Å². The Bertz CT molecular complexity index is 632. The Morgan fingerprint density at radius 1 is 1.19 bits per heavy atom. The van der Waals surface area contributed by atoms with Crippen LogP contribution in [0.25, 0.3) is 0 Å². The summed E-state index contributed by atoms with van der Waals surface area (Å²) in [5, 5.41) is 7.07. The number of aromatic nitrogens is 2. The van der Waals surface area contributed by atoms with Crippen LogP contribution in [0, 0.1) is 0 Å². The van der Waals surface area contributed by atoms with Gasteiger partial charge in [0.05, 0.1) is 24.9 Å². The number of hydrogen-bond acceptors (Lipinski definition) is 4. The second-order valence-electron chi connectivity index (χ2n) is 4.41. The summed E-state index contributed by atoms with van der Waals surface area (Å²) in [5.41, 5.74) is 1.70. The molecule has 6 heteroatoms. The highest BCUT2D eigenvalue weighted by Crippen LogP contribution is 2.06. The summed E-state index contributed by atoms with van der Waals surface area (Å²) in [6, 6.07) is 8.17. The van der Waals surface area contributed by atoms with E-state index in [4.69, 9.17) is 0 Å². The first kappa shape index (κ1) is 14.8. The number of carbonyl (C=O) groups excluding carboxylic acids is 2. The largest absolute Gasteiger partial charge is 0.465 e. The van der Waals surface area contributed by atoms with Crippen molar-refractivity contribution < 1.29 is 14.3 Å². The fourth-order valence-electron chi connectivity index (χ4n) is 1.82. The molecule has 0 atom stereocenters. The Labute approximate surface area is 122 Å². The number of ether oxygens (including phenoxy) is 1. The molecule has 0 aliphatic carbocycles. The van der Waals surface area contributed by atoms with Gasteiger partial charge < -0.3 is 10.1 Å². The van der Waals surface area contributed by atoms with Crippen molar-refractivity contribution >= 4 is 11.9 Å². The van der Waals surface area contributed by atoms with Crippen LogP contribution < -0.4 is 5.32 Å². The van der Waals surface area contributed by atoms with Gasteiger partial charge in [0.2, 0.25) is 0 Å². The van der Waals surface area contributed by atoms with Crippen LogP contribution in [-0.4, -0.2) is 28.8 Å². The van der Waals surface area contributed by atoms with Crippen LogP contribution in [0.4, 0.5) is 0 Å². The lowest BCUT2D eigenvalue weighted by molar-refractivity contribution is 0.0600. The number of hydrogen-bond donors (Lipinski definition) is 1. The fourth-order valence-corrected chi connectivity index (χ4v) is 1.82. The number of methoxy groups -OCH3 is 1. The minimum Gasteiger partial charge on any atom is -0.465 e. The molecule has 0 saturated carbocycles. The van der Waals surface area contributed by atoms with Gasteiger partial charge in [0.1, 0.15) is 0 Å². The van der Waals surface area contributed by atoms with Gasteiger partial charge >= 0.3 is 5.97 Å². The zero-order valence-corrected chi connectivity index (χ0v) is 12.0. The van der Waals surface area contributed by atoms with Crippen molar-refractivity contribution in [3.63, 3.8) is 0 Å². The molecule has 1 aromatic carbocycles. The lowest BCUT2D eigenvalue weighted by Gasteiger charge is -2.04. The third-order valence-electron chi connectivity index (χ3n) is 3.02.